The van der Waals surface area contributed by atoms with Gasteiger partial charge in [-0.3, -0.25) is 4.98 Å². The van der Waals surface area contributed by atoms with E-state index in [4.69, 9.17) is 0 Å². The van der Waals surface area contributed by atoms with Crippen LogP contribution in [0.4, 0.5) is 0 Å². The van der Waals surface area contributed by atoms with E-state index in [1.165, 1.54) is 10.5 Å². The van der Waals surface area contributed by atoms with Crippen LogP contribution in [-0.2, 0) is 13.1 Å². The van der Waals surface area contributed by atoms with Crippen molar-refractivity contribution in [1.82, 2.24) is 10.3 Å². The molecule has 1 heterocycles. The van der Waals surface area contributed by atoms with Gasteiger partial charge in [-0.1, -0.05) is 18.2 Å². The third kappa shape index (κ3) is 4.69. The molecule has 0 spiro atoms. The molecule has 18 heavy (non-hydrogen) atoms. The van der Waals surface area contributed by atoms with Gasteiger partial charge in [0.25, 0.3) is 0 Å². The van der Waals surface area contributed by atoms with Crippen LogP contribution in [-0.4, -0.2) is 11.2 Å². The van der Waals surface area contributed by atoms with Gasteiger partial charge in [-0.15, -0.1) is 24.2 Å². The minimum Gasteiger partial charge on any atom is -0.307 e. The maximum atomic E-state index is 4.27. The standard InChI is InChI=1S/C14H16N2S.ClH/c1-17-14-7-5-12(6-8-14)10-15-11-13-4-2-3-9-16-13;/h2-9,15H,10-11H2,1H3;1H. The smallest absolute Gasteiger partial charge is 0.0541 e. The third-order valence-electron chi connectivity index (χ3n) is 2.52. The first-order chi connectivity index (χ1) is 8.38. The zero-order valence-corrected chi connectivity index (χ0v) is 11.9. The first kappa shape index (κ1) is 15.0. The van der Waals surface area contributed by atoms with Gasteiger partial charge in [0.05, 0.1) is 5.69 Å². The first-order valence-electron chi connectivity index (χ1n) is 5.62. The van der Waals surface area contributed by atoms with Crippen LogP contribution < -0.4 is 5.32 Å². The Morgan fingerprint density at radius 2 is 1.83 bits per heavy atom. The predicted octanol–water partition coefficient (Wildman–Crippen LogP) is 3.52. The Balaban J connectivity index is 0.00000162. The molecule has 2 rings (SSSR count). The van der Waals surface area contributed by atoms with Gasteiger partial charge in [-0.2, -0.15) is 0 Å². The molecule has 1 aromatic heterocycles. The van der Waals surface area contributed by atoms with Crippen molar-refractivity contribution in [1.29, 1.82) is 0 Å². The highest BCUT2D eigenvalue weighted by atomic mass is 35.5. The number of hydrogen-bond acceptors (Lipinski definition) is 3. The number of rotatable bonds is 5. The number of nitrogens with one attached hydrogen (secondary N) is 1. The number of thioether (sulfide) groups is 1. The largest absolute Gasteiger partial charge is 0.307 e. The number of benzene rings is 1. The molecule has 96 valence electrons. The average Bonchev–Trinajstić information content (AvgIpc) is 2.41. The molecular weight excluding hydrogens is 264 g/mol. The molecule has 4 heteroatoms. The lowest BCUT2D eigenvalue weighted by Crippen LogP contribution is -2.13. The molecular formula is C14H17ClN2S. The van der Waals surface area contributed by atoms with E-state index in [-0.39, 0.29) is 12.4 Å². The molecule has 0 saturated carbocycles. The van der Waals surface area contributed by atoms with Gasteiger partial charge >= 0.3 is 0 Å². The monoisotopic (exact) mass is 280 g/mol. The van der Waals surface area contributed by atoms with Crippen molar-refractivity contribution in [3.8, 4) is 0 Å². The van der Waals surface area contributed by atoms with Crippen molar-refractivity contribution in [2.75, 3.05) is 6.26 Å². The summed E-state index contributed by atoms with van der Waals surface area (Å²) in [6, 6.07) is 14.6. The molecule has 2 aromatic rings. The second-order valence-corrected chi connectivity index (χ2v) is 4.65. The Morgan fingerprint density at radius 1 is 1.06 bits per heavy atom. The quantitative estimate of drug-likeness (QED) is 0.849. The molecule has 0 atom stereocenters. The van der Waals surface area contributed by atoms with Gasteiger partial charge in [0.1, 0.15) is 0 Å². The van der Waals surface area contributed by atoms with E-state index in [9.17, 15) is 0 Å². The van der Waals surface area contributed by atoms with Crippen LogP contribution in [0.3, 0.4) is 0 Å². The fourth-order valence-corrected chi connectivity index (χ4v) is 1.99. The summed E-state index contributed by atoms with van der Waals surface area (Å²) in [5.41, 5.74) is 2.38. The number of nitrogens with zero attached hydrogens (tertiary/aromatic N) is 1. The SMILES string of the molecule is CSc1ccc(CNCc2ccccn2)cc1.Cl. The van der Waals surface area contributed by atoms with Gasteiger partial charge in [-0.25, -0.2) is 0 Å². The fourth-order valence-electron chi connectivity index (χ4n) is 1.58. The lowest BCUT2D eigenvalue weighted by molar-refractivity contribution is 0.679. The van der Waals surface area contributed by atoms with Gasteiger partial charge < -0.3 is 5.32 Å². The highest BCUT2D eigenvalue weighted by Gasteiger charge is 1.95. The summed E-state index contributed by atoms with van der Waals surface area (Å²) < 4.78 is 0. The molecule has 0 aliphatic heterocycles. The zero-order valence-electron chi connectivity index (χ0n) is 10.3. The van der Waals surface area contributed by atoms with Crippen molar-refractivity contribution in [3.05, 3.63) is 59.9 Å². The lowest BCUT2D eigenvalue weighted by Gasteiger charge is -2.05. The third-order valence-corrected chi connectivity index (χ3v) is 3.26. The minimum absolute atomic E-state index is 0. The van der Waals surface area contributed by atoms with E-state index in [2.05, 4.69) is 40.8 Å². The number of halogens is 1. The number of aromatic nitrogens is 1. The van der Waals surface area contributed by atoms with Gasteiger partial charge in [0.2, 0.25) is 0 Å². The summed E-state index contributed by atoms with van der Waals surface area (Å²) in [4.78, 5) is 5.58. The van der Waals surface area contributed by atoms with Gasteiger partial charge in [0.15, 0.2) is 0 Å². The normalized spacial score (nSPS) is 9.83. The Hall–Kier alpha value is -1.03. The second kappa shape index (κ2) is 8.14. The van der Waals surface area contributed by atoms with Crippen molar-refractivity contribution in [2.24, 2.45) is 0 Å². The Bertz CT molecular complexity index is 445. The van der Waals surface area contributed by atoms with E-state index in [1.807, 2.05) is 24.4 Å². The van der Waals surface area contributed by atoms with Crippen LogP contribution in [0.5, 0.6) is 0 Å². The van der Waals surface area contributed by atoms with Crippen LogP contribution in [0.15, 0.2) is 53.6 Å². The van der Waals surface area contributed by atoms with Crippen LogP contribution in [0, 0.1) is 0 Å². The number of hydrogen-bond donors (Lipinski definition) is 1. The highest BCUT2D eigenvalue weighted by molar-refractivity contribution is 7.98. The molecule has 0 fully saturated rings. The molecule has 1 N–H and O–H groups in total. The molecule has 0 amide bonds. The van der Waals surface area contributed by atoms with E-state index in [1.54, 1.807) is 11.8 Å². The van der Waals surface area contributed by atoms with Crippen molar-refractivity contribution < 1.29 is 0 Å². The van der Waals surface area contributed by atoms with Gasteiger partial charge in [0, 0.05) is 24.2 Å². The summed E-state index contributed by atoms with van der Waals surface area (Å²) in [6.45, 7) is 1.69. The topological polar surface area (TPSA) is 24.9 Å². The average molecular weight is 281 g/mol. The summed E-state index contributed by atoms with van der Waals surface area (Å²) in [5, 5.41) is 3.39. The number of pyridine rings is 1. The molecule has 0 aliphatic rings. The molecule has 2 nitrogen and oxygen atoms in total. The molecule has 0 bridgehead atoms. The summed E-state index contributed by atoms with van der Waals surface area (Å²) in [5.74, 6) is 0. The molecule has 0 saturated heterocycles. The van der Waals surface area contributed by atoms with Crippen LogP contribution in [0.1, 0.15) is 11.3 Å². The van der Waals surface area contributed by atoms with Crippen LogP contribution in [0.25, 0.3) is 0 Å². The minimum atomic E-state index is 0. The summed E-state index contributed by atoms with van der Waals surface area (Å²) >= 11 is 1.77. The zero-order chi connectivity index (χ0) is 11.9. The summed E-state index contributed by atoms with van der Waals surface area (Å²) in [6.07, 6.45) is 3.92. The Labute approximate surface area is 119 Å². The van der Waals surface area contributed by atoms with E-state index >= 15 is 0 Å². The highest BCUT2D eigenvalue weighted by Crippen LogP contribution is 2.14. The van der Waals surface area contributed by atoms with Crippen molar-refractivity contribution >= 4 is 24.2 Å². The maximum Gasteiger partial charge on any atom is 0.0541 e. The molecule has 0 aliphatic carbocycles. The van der Waals surface area contributed by atoms with E-state index in [0.29, 0.717) is 0 Å². The Kier molecular flexibility index (Phi) is 6.80. The fraction of sp³-hybridized carbons (Fsp3) is 0.214. The summed E-state index contributed by atoms with van der Waals surface area (Å²) in [7, 11) is 0. The molecule has 0 unspecified atom stereocenters. The van der Waals surface area contributed by atoms with Crippen LogP contribution >= 0.6 is 24.2 Å². The molecule has 0 radical (unpaired) electrons. The maximum absolute atomic E-state index is 4.27. The van der Waals surface area contributed by atoms with Gasteiger partial charge in [-0.05, 0) is 36.1 Å². The van der Waals surface area contributed by atoms with Crippen molar-refractivity contribution in [2.45, 2.75) is 18.0 Å². The Morgan fingerprint density at radius 3 is 2.44 bits per heavy atom. The lowest BCUT2D eigenvalue weighted by atomic mass is 10.2. The first-order valence-corrected chi connectivity index (χ1v) is 6.84. The van der Waals surface area contributed by atoms with E-state index in [0.717, 1.165) is 18.8 Å². The second-order valence-electron chi connectivity index (χ2n) is 3.77. The van der Waals surface area contributed by atoms with Crippen LogP contribution in [0.2, 0.25) is 0 Å². The van der Waals surface area contributed by atoms with Crippen molar-refractivity contribution in [3.63, 3.8) is 0 Å². The predicted molar refractivity (Wildman–Crippen MR) is 80.3 cm³/mol. The van der Waals surface area contributed by atoms with E-state index < -0.39 is 0 Å². The molecule has 1 aromatic carbocycles.